The SMILES string of the molecule is CN(CCNCc1cnn(-c2ccc(Cl)cc2)c1)c1ccccc1. The summed E-state index contributed by atoms with van der Waals surface area (Å²) in [6.45, 7) is 2.67. The van der Waals surface area contributed by atoms with Gasteiger partial charge in [0.05, 0.1) is 11.9 Å². The number of nitrogens with one attached hydrogen (secondary N) is 1. The fraction of sp³-hybridized carbons (Fsp3) is 0.211. The molecule has 0 aliphatic heterocycles. The standard InChI is InChI=1S/C19H21ClN4/c1-23(18-5-3-2-4-6-18)12-11-21-13-16-14-22-24(15-16)19-9-7-17(20)8-10-19/h2-10,14-15,21H,11-13H2,1H3. The van der Waals surface area contributed by atoms with E-state index >= 15 is 0 Å². The maximum atomic E-state index is 5.91. The fourth-order valence-corrected chi connectivity index (χ4v) is 2.60. The molecule has 5 heteroatoms. The molecule has 124 valence electrons. The summed E-state index contributed by atoms with van der Waals surface area (Å²) in [6.07, 6.45) is 3.93. The van der Waals surface area contributed by atoms with Crippen molar-refractivity contribution in [3.8, 4) is 5.69 Å². The van der Waals surface area contributed by atoms with Crippen LogP contribution in [0.4, 0.5) is 5.69 Å². The minimum absolute atomic E-state index is 0.732. The van der Waals surface area contributed by atoms with Crippen LogP contribution >= 0.6 is 11.6 Å². The van der Waals surface area contributed by atoms with E-state index in [1.54, 1.807) is 0 Å². The molecule has 1 aromatic heterocycles. The Bertz CT molecular complexity index is 753. The van der Waals surface area contributed by atoms with Crippen molar-refractivity contribution in [3.05, 3.63) is 77.6 Å². The van der Waals surface area contributed by atoms with E-state index in [4.69, 9.17) is 11.6 Å². The zero-order chi connectivity index (χ0) is 16.8. The van der Waals surface area contributed by atoms with Gasteiger partial charge in [-0.3, -0.25) is 0 Å². The average molecular weight is 341 g/mol. The van der Waals surface area contributed by atoms with Gasteiger partial charge in [-0.15, -0.1) is 0 Å². The van der Waals surface area contributed by atoms with E-state index in [-0.39, 0.29) is 0 Å². The zero-order valence-electron chi connectivity index (χ0n) is 13.7. The summed E-state index contributed by atoms with van der Waals surface area (Å²) in [5.41, 5.74) is 3.40. The van der Waals surface area contributed by atoms with Crippen LogP contribution in [0.3, 0.4) is 0 Å². The van der Waals surface area contributed by atoms with Crippen LogP contribution in [-0.4, -0.2) is 29.9 Å². The van der Waals surface area contributed by atoms with Gasteiger partial charge in [0, 0.05) is 49.2 Å². The topological polar surface area (TPSA) is 33.1 Å². The largest absolute Gasteiger partial charge is 0.373 e. The third-order valence-corrected chi connectivity index (χ3v) is 4.13. The first kappa shape index (κ1) is 16.6. The second kappa shape index (κ2) is 7.99. The predicted octanol–water partition coefficient (Wildman–Crippen LogP) is 3.75. The van der Waals surface area contributed by atoms with Gasteiger partial charge in [-0.2, -0.15) is 5.10 Å². The van der Waals surface area contributed by atoms with Crippen LogP contribution in [0.5, 0.6) is 0 Å². The highest BCUT2D eigenvalue weighted by Gasteiger charge is 2.02. The molecule has 1 N–H and O–H groups in total. The van der Waals surface area contributed by atoms with Crippen LogP contribution in [0.15, 0.2) is 67.0 Å². The van der Waals surface area contributed by atoms with E-state index in [0.717, 1.165) is 35.9 Å². The lowest BCUT2D eigenvalue weighted by Crippen LogP contribution is -2.28. The van der Waals surface area contributed by atoms with Crippen LogP contribution in [0.25, 0.3) is 5.69 Å². The van der Waals surface area contributed by atoms with E-state index < -0.39 is 0 Å². The molecule has 0 unspecified atom stereocenters. The van der Waals surface area contributed by atoms with Gasteiger partial charge < -0.3 is 10.2 Å². The molecule has 4 nitrogen and oxygen atoms in total. The first-order valence-corrected chi connectivity index (χ1v) is 8.36. The fourth-order valence-electron chi connectivity index (χ4n) is 2.48. The van der Waals surface area contributed by atoms with Crippen molar-refractivity contribution >= 4 is 17.3 Å². The Morgan fingerprint density at radius 1 is 1.08 bits per heavy atom. The van der Waals surface area contributed by atoms with Crippen molar-refractivity contribution in [2.75, 3.05) is 25.0 Å². The van der Waals surface area contributed by atoms with Gasteiger partial charge in [-0.05, 0) is 36.4 Å². The Balaban J connectivity index is 1.47. The highest BCUT2D eigenvalue weighted by Crippen LogP contribution is 2.13. The number of benzene rings is 2. The Morgan fingerprint density at radius 3 is 2.58 bits per heavy atom. The molecule has 0 bridgehead atoms. The normalized spacial score (nSPS) is 10.8. The summed E-state index contributed by atoms with van der Waals surface area (Å²) in [6, 6.07) is 18.1. The molecule has 0 fully saturated rings. The number of rotatable bonds is 7. The van der Waals surface area contributed by atoms with E-state index in [2.05, 4.69) is 46.6 Å². The highest BCUT2D eigenvalue weighted by atomic mass is 35.5. The molecular formula is C19H21ClN4. The average Bonchev–Trinajstić information content (AvgIpc) is 3.09. The summed E-state index contributed by atoms with van der Waals surface area (Å²) in [5.74, 6) is 0. The molecule has 0 saturated carbocycles. The highest BCUT2D eigenvalue weighted by molar-refractivity contribution is 6.30. The molecule has 24 heavy (non-hydrogen) atoms. The lowest BCUT2D eigenvalue weighted by atomic mass is 10.3. The second-order valence-corrected chi connectivity index (χ2v) is 6.14. The summed E-state index contributed by atoms with van der Waals surface area (Å²) in [5, 5.41) is 8.59. The molecule has 3 rings (SSSR count). The lowest BCUT2D eigenvalue weighted by molar-refractivity contribution is 0.679. The van der Waals surface area contributed by atoms with Crippen molar-refractivity contribution in [3.63, 3.8) is 0 Å². The number of aromatic nitrogens is 2. The molecule has 2 aromatic carbocycles. The smallest absolute Gasteiger partial charge is 0.0646 e. The Morgan fingerprint density at radius 2 is 1.83 bits per heavy atom. The minimum Gasteiger partial charge on any atom is -0.373 e. The summed E-state index contributed by atoms with van der Waals surface area (Å²) >= 11 is 5.91. The zero-order valence-corrected chi connectivity index (χ0v) is 14.4. The molecule has 0 spiro atoms. The number of hydrogen-bond donors (Lipinski definition) is 1. The second-order valence-electron chi connectivity index (χ2n) is 5.70. The van der Waals surface area contributed by atoms with Crippen molar-refractivity contribution in [2.45, 2.75) is 6.54 Å². The molecule has 0 radical (unpaired) electrons. The maximum Gasteiger partial charge on any atom is 0.0646 e. The van der Waals surface area contributed by atoms with E-state index in [0.29, 0.717) is 0 Å². The van der Waals surface area contributed by atoms with Gasteiger partial charge >= 0.3 is 0 Å². The van der Waals surface area contributed by atoms with Crippen molar-refractivity contribution in [1.82, 2.24) is 15.1 Å². The lowest BCUT2D eigenvalue weighted by Gasteiger charge is -2.19. The Labute approximate surface area is 147 Å². The number of halogens is 1. The van der Waals surface area contributed by atoms with Crippen LogP contribution in [0, 0.1) is 0 Å². The number of anilines is 1. The number of nitrogens with zero attached hydrogens (tertiary/aromatic N) is 3. The van der Waals surface area contributed by atoms with Crippen molar-refractivity contribution in [1.29, 1.82) is 0 Å². The van der Waals surface area contributed by atoms with Crippen LogP contribution in [-0.2, 0) is 6.54 Å². The van der Waals surface area contributed by atoms with Crippen LogP contribution < -0.4 is 10.2 Å². The number of hydrogen-bond acceptors (Lipinski definition) is 3. The van der Waals surface area contributed by atoms with Gasteiger partial charge in [0.25, 0.3) is 0 Å². The number of para-hydroxylation sites is 1. The molecule has 1 heterocycles. The Hall–Kier alpha value is -2.30. The Kier molecular flexibility index (Phi) is 5.51. The summed E-state index contributed by atoms with van der Waals surface area (Å²) in [7, 11) is 2.11. The van der Waals surface area contributed by atoms with E-state index in [9.17, 15) is 0 Å². The molecule has 0 aliphatic carbocycles. The molecule has 3 aromatic rings. The molecular weight excluding hydrogens is 320 g/mol. The third-order valence-electron chi connectivity index (χ3n) is 3.88. The van der Waals surface area contributed by atoms with E-state index in [1.165, 1.54) is 5.69 Å². The first-order chi connectivity index (χ1) is 11.7. The molecule has 0 atom stereocenters. The minimum atomic E-state index is 0.732. The van der Waals surface area contributed by atoms with Gasteiger partial charge in [0.2, 0.25) is 0 Å². The third kappa shape index (κ3) is 4.37. The van der Waals surface area contributed by atoms with Gasteiger partial charge in [-0.25, -0.2) is 4.68 Å². The van der Waals surface area contributed by atoms with Crippen molar-refractivity contribution in [2.24, 2.45) is 0 Å². The maximum absolute atomic E-state index is 5.91. The number of likely N-dealkylation sites (N-methyl/N-ethyl adjacent to an activating group) is 1. The molecule has 0 saturated heterocycles. The monoisotopic (exact) mass is 340 g/mol. The summed E-state index contributed by atoms with van der Waals surface area (Å²) in [4.78, 5) is 2.24. The van der Waals surface area contributed by atoms with Gasteiger partial charge in [0.1, 0.15) is 0 Å². The predicted molar refractivity (Wildman–Crippen MR) is 100.0 cm³/mol. The van der Waals surface area contributed by atoms with Crippen molar-refractivity contribution < 1.29 is 0 Å². The quantitative estimate of drug-likeness (QED) is 0.665. The first-order valence-electron chi connectivity index (χ1n) is 7.99. The van der Waals surface area contributed by atoms with Gasteiger partial charge in [0.15, 0.2) is 0 Å². The van der Waals surface area contributed by atoms with Gasteiger partial charge in [-0.1, -0.05) is 29.8 Å². The van der Waals surface area contributed by atoms with Crippen LogP contribution in [0.1, 0.15) is 5.56 Å². The molecule has 0 aliphatic rings. The molecule has 0 amide bonds. The van der Waals surface area contributed by atoms with Crippen LogP contribution in [0.2, 0.25) is 5.02 Å². The van der Waals surface area contributed by atoms with E-state index in [1.807, 2.05) is 47.4 Å². The summed E-state index contributed by atoms with van der Waals surface area (Å²) < 4.78 is 1.86.